The van der Waals surface area contributed by atoms with Crippen LogP contribution in [0.15, 0.2) is 18.2 Å². The number of pyridine rings is 1. The summed E-state index contributed by atoms with van der Waals surface area (Å²) in [5.74, 6) is 0.144. The van der Waals surface area contributed by atoms with Crippen LogP contribution in [0.5, 0.6) is 5.88 Å². The summed E-state index contributed by atoms with van der Waals surface area (Å²) in [4.78, 5) is 35.4. The second-order valence-corrected chi connectivity index (χ2v) is 7.83. The maximum Gasteiger partial charge on any atom is 0.258 e. The number of aromatic nitrogens is 4. The molecule has 0 spiro atoms. The molecule has 3 aromatic rings. The molecular formula is C22H22N6O3. The summed E-state index contributed by atoms with van der Waals surface area (Å²) in [7, 11) is 1.76. The van der Waals surface area contributed by atoms with Crippen molar-refractivity contribution in [2.75, 3.05) is 25.5 Å². The van der Waals surface area contributed by atoms with Crippen LogP contribution < -0.4 is 10.1 Å². The van der Waals surface area contributed by atoms with E-state index in [0.29, 0.717) is 59.4 Å². The first-order valence-electron chi connectivity index (χ1n) is 10.1. The minimum Gasteiger partial charge on any atom is -0.477 e. The highest BCUT2D eigenvalue weighted by molar-refractivity contribution is 6.34. The van der Waals surface area contributed by atoms with Gasteiger partial charge in [-0.2, -0.15) is 5.10 Å². The molecule has 5 heterocycles. The number of fused-ring (bicyclic) bond motifs is 4. The largest absolute Gasteiger partial charge is 0.477 e. The van der Waals surface area contributed by atoms with Gasteiger partial charge in [0.2, 0.25) is 5.88 Å². The number of amides is 2. The molecule has 0 fully saturated rings. The van der Waals surface area contributed by atoms with Gasteiger partial charge in [-0.3, -0.25) is 9.59 Å². The van der Waals surface area contributed by atoms with Gasteiger partial charge in [-0.1, -0.05) is 0 Å². The van der Waals surface area contributed by atoms with Crippen LogP contribution in [0.1, 0.15) is 39.6 Å². The monoisotopic (exact) mass is 418 g/mol. The summed E-state index contributed by atoms with van der Waals surface area (Å²) in [6.45, 7) is 4.70. The van der Waals surface area contributed by atoms with E-state index in [1.807, 2.05) is 26.0 Å². The number of rotatable bonds is 0. The Kier molecular flexibility index (Phi) is 4.39. The molecule has 0 unspecified atom stereocenters. The van der Waals surface area contributed by atoms with Crippen LogP contribution in [0.3, 0.4) is 0 Å². The minimum absolute atomic E-state index is 0.121. The van der Waals surface area contributed by atoms with Crippen LogP contribution in [-0.2, 0) is 4.79 Å². The third kappa shape index (κ3) is 3.18. The molecular weight excluding hydrogens is 396 g/mol. The molecule has 3 N–H and O–H groups in total. The average molecular weight is 418 g/mol. The number of hydrogen-bond acceptors (Lipinski definition) is 5. The van der Waals surface area contributed by atoms with Gasteiger partial charge in [0.05, 0.1) is 46.1 Å². The summed E-state index contributed by atoms with van der Waals surface area (Å²) < 4.78 is 5.93. The smallest absolute Gasteiger partial charge is 0.258 e. The van der Waals surface area contributed by atoms with Gasteiger partial charge in [0.15, 0.2) is 0 Å². The second-order valence-electron chi connectivity index (χ2n) is 7.83. The fourth-order valence-corrected chi connectivity index (χ4v) is 3.98. The molecule has 3 aromatic heterocycles. The highest BCUT2D eigenvalue weighted by Gasteiger charge is 2.29. The van der Waals surface area contributed by atoms with Crippen LogP contribution >= 0.6 is 0 Å². The van der Waals surface area contributed by atoms with Gasteiger partial charge in [-0.05, 0) is 44.5 Å². The maximum atomic E-state index is 13.1. The lowest BCUT2D eigenvalue weighted by atomic mass is 10.1. The molecule has 0 aliphatic carbocycles. The zero-order valence-electron chi connectivity index (χ0n) is 17.5. The van der Waals surface area contributed by atoms with E-state index in [1.165, 1.54) is 0 Å². The Balaban J connectivity index is 1.72. The molecule has 31 heavy (non-hydrogen) atoms. The topological polar surface area (TPSA) is 116 Å². The minimum atomic E-state index is -0.261. The van der Waals surface area contributed by atoms with E-state index in [9.17, 15) is 9.59 Å². The molecule has 5 rings (SSSR count). The third-order valence-corrected chi connectivity index (χ3v) is 5.55. The first-order valence-corrected chi connectivity index (χ1v) is 10.1. The predicted octanol–water partition coefficient (Wildman–Crippen LogP) is 2.76. The van der Waals surface area contributed by atoms with Gasteiger partial charge in [0, 0.05) is 19.3 Å². The molecule has 9 heteroatoms. The molecule has 0 aromatic carbocycles. The average Bonchev–Trinajstić information content (AvgIpc) is 3.39. The normalized spacial score (nSPS) is 17.6. The summed E-state index contributed by atoms with van der Waals surface area (Å²) in [5.41, 5.74) is 5.68. The first-order chi connectivity index (χ1) is 14.9. The fourth-order valence-electron chi connectivity index (χ4n) is 3.98. The Morgan fingerprint density at radius 3 is 2.87 bits per heavy atom. The van der Waals surface area contributed by atoms with Gasteiger partial charge in [-0.25, -0.2) is 10.1 Å². The van der Waals surface area contributed by atoms with Gasteiger partial charge in [0.25, 0.3) is 11.8 Å². The second kappa shape index (κ2) is 7.12. The van der Waals surface area contributed by atoms with Crippen LogP contribution in [0, 0.1) is 13.8 Å². The van der Waals surface area contributed by atoms with E-state index in [0.717, 1.165) is 17.0 Å². The van der Waals surface area contributed by atoms with Crippen molar-refractivity contribution in [2.45, 2.75) is 20.3 Å². The first kappa shape index (κ1) is 19.1. The van der Waals surface area contributed by atoms with Crippen molar-refractivity contribution >= 4 is 29.2 Å². The van der Waals surface area contributed by atoms with Crippen LogP contribution in [0.2, 0.25) is 0 Å². The number of carbonyl (C=O) groups excluding carboxylic acids is 2. The van der Waals surface area contributed by atoms with Gasteiger partial charge < -0.3 is 19.9 Å². The number of nitrogens with one attached hydrogen (secondary N) is 3. The van der Waals surface area contributed by atoms with Crippen molar-refractivity contribution in [2.24, 2.45) is 0 Å². The lowest BCUT2D eigenvalue weighted by Crippen LogP contribution is -2.29. The highest BCUT2D eigenvalue weighted by atomic mass is 16.5. The van der Waals surface area contributed by atoms with Crippen molar-refractivity contribution in [3.63, 3.8) is 0 Å². The van der Waals surface area contributed by atoms with Crippen molar-refractivity contribution in [3.05, 3.63) is 46.5 Å². The van der Waals surface area contributed by atoms with E-state index in [-0.39, 0.29) is 11.8 Å². The Bertz CT molecular complexity index is 1250. The molecule has 0 radical (unpaired) electrons. The van der Waals surface area contributed by atoms with E-state index in [2.05, 4.69) is 20.5 Å². The fraction of sp³-hybridized carbons (Fsp3) is 0.273. The summed E-state index contributed by atoms with van der Waals surface area (Å²) >= 11 is 0. The Labute approximate surface area is 178 Å². The zero-order chi connectivity index (χ0) is 21.7. The predicted molar refractivity (Wildman–Crippen MR) is 116 cm³/mol. The summed E-state index contributed by atoms with van der Waals surface area (Å²) in [6.07, 6.45) is 2.35. The molecule has 2 aliphatic rings. The number of aromatic amines is 2. The van der Waals surface area contributed by atoms with E-state index < -0.39 is 0 Å². The van der Waals surface area contributed by atoms with Gasteiger partial charge >= 0.3 is 0 Å². The van der Waals surface area contributed by atoms with Crippen molar-refractivity contribution in [3.8, 4) is 17.1 Å². The molecule has 0 atom stereocenters. The molecule has 2 bridgehead atoms. The maximum absolute atomic E-state index is 13.1. The molecule has 0 saturated heterocycles. The lowest BCUT2D eigenvalue weighted by molar-refractivity contribution is -0.110. The Hall–Kier alpha value is -3.88. The molecule has 0 saturated carbocycles. The van der Waals surface area contributed by atoms with Crippen LogP contribution in [0.4, 0.5) is 5.69 Å². The number of aryl methyl sites for hydroxylation is 2. The SMILES string of the molecule is Cc1cc2c([nH]1)/C=C1\C(=O)Nc3ccc(nc31)-c1c(C)n[nH]c1OCCCN(C)C2=O. The van der Waals surface area contributed by atoms with Crippen LogP contribution in [0.25, 0.3) is 22.9 Å². The molecule has 2 amide bonds. The standard InChI is InChI=1S/C22H22N6O3/c1-11-9-13-17(23-11)10-14-19-16(25-20(14)29)6-5-15(24-19)18-12(2)26-27-21(18)31-8-4-7-28(3)22(13)30/h5-6,9-10,23H,4,7-8H2,1-3H3,(H,25,29)(H,26,27)/b14-10-. The number of ether oxygens (including phenoxy) is 1. The number of carbonyl (C=O) groups is 2. The number of anilines is 1. The number of H-pyrrole nitrogens is 2. The summed E-state index contributed by atoms with van der Waals surface area (Å²) in [5, 5.41) is 10.0. The van der Waals surface area contributed by atoms with Crippen molar-refractivity contribution < 1.29 is 14.3 Å². The van der Waals surface area contributed by atoms with Gasteiger partial charge in [-0.15, -0.1) is 0 Å². The third-order valence-electron chi connectivity index (χ3n) is 5.55. The van der Waals surface area contributed by atoms with E-state index in [4.69, 9.17) is 9.72 Å². The zero-order valence-corrected chi connectivity index (χ0v) is 17.5. The Morgan fingerprint density at radius 2 is 2.03 bits per heavy atom. The summed E-state index contributed by atoms with van der Waals surface area (Å²) in [6, 6.07) is 5.47. The van der Waals surface area contributed by atoms with E-state index in [1.54, 1.807) is 24.1 Å². The van der Waals surface area contributed by atoms with E-state index >= 15 is 0 Å². The van der Waals surface area contributed by atoms with Crippen molar-refractivity contribution in [1.82, 2.24) is 25.1 Å². The Morgan fingerprint density at radius 1 is 1.19 bits per heavy atom. The quantitative estimate of drug-likeness (QED) is 0.519. The lowest BCUT2D eigenvalue weighted by Gasteiger charge is -2.17. The van der Waals surface area contributed by atoms with Crippen LogP contribution in [-0.4, -0.2) is 57.1 Å². The number of hydrogen-bond donors (Lipinski definition) is 3. The number of nitrogens with zero attached hydrogens (tertiary/aromatic N) is 3. The van der Waals surface area contributed by atoms with Crippen molar-refractivity contribution in [1.29, 1.82) is 0 Å². The molecule has 9 nitrogen and oxygen atoms in total. The molecule has 158 valence electrons. The highest BCUT2D eigenvalue weighted by Crippen LogP contribution is 2.37. The molecule has 2 aliphatic heterocycles. The van der Waals surface area contributed by atoms with Gasteiger partial charge in [0.1, 0.15) is 5.69 Å².